The van der Waals surface area contributed by atoms with Gasteiger partial charge in [-0.25, -0.2) is 4.39 Å². The number of nitroso groups, excluding NO2 is 1. The molecule has 0 unspecified atom stereocenters. The van der Waals surface area contributed by atoms with Gasteiger partial charge in [0.05, 0.1) is 12.2 Å². The van der Waals surface area contributed by atoms with Gasteiger partial charge in [-0.2, -0.15) is 10.4 Å². The van der Waals surface area contributed by atoms with Crippen molar-refractivity contribution in [3.05, 3.63) is 51.9 Å². The zero-order valence-corrected chi connectivity index (χ0v) is 9.59. The molecule has 0 N–H and O–H groups in total. The van der Waals surface area contributed by atoms with Gasteiger partial charge in [-0.3, -0.25) is 4.68 Å². The molecule has 1 aromatic carbocycles. The Labute approximate surface area is 102 Å². The Bertz CT molecular complexity index is 625. The Hall–Kier alpha value is -2.55. The van der Waals surface area contributed by atoms with E-state index < -0.39 is 0 Å². The van der Waals surface area contributed by atoms with E-state index in [4.69, 9.17) is 5.26 Å². The largest absolute Gasteiger partial charge is 0.262 e. The molecule has 90 valence electrons. The molecule has 0 spiro atoms. The lowest BCUT2D eigenvalue weighted by Crippen LogP contribution is -2.03. The van der Waals surface area contributed by atoms with Gasteiger partial charge in [0.15, 0.2) is 11.4 Å². The smallest absolute Gasteiger partial charge is 0.191 e. The molecule has 0 bridgehead atoms. The molecule has 0 saturated heterocycles. The minimum atomic E-state index is -0.316. The lowest BCUT2D eigenvalue weighted by atomic mass is 10.2. The van der Waals surface area contributed by atoms with Gasteiger partial charge in [-0.1, -0.05) is 12.1 Å². The van der Waals surface area contributed by atoms with Gasteiger partial charge in [0.1, 0.15) is 11.9 Å². The van der Waals surface area contributed by atoms with Gasteiger partial charge >= 0.3 is 0 Å². The van der Waals surface area contributed by atoms with Crippen molar-refractivity contribution in [2.24, 2.45) is 5.18 Å². The van der Waals surface area contributed by atoms with Gasteiger partial charge in [0.25, 0.3) is 0 Å². The number of halogens is 1. The van der Waals surface area contributed by atoms with E-state index in [-0.39, 0.29) is 17.2 Å². The number of hydrogen-bond donors (Lipinski definition) is 0. The monoisotopic (exact) mass is 244 g/mol. The molecular formula is C12H9FN4O. The predicted octanol–water partition coefficient (Wildman–Crippen LogP) is 2.65. The average molecular weight is 244 g/mol. The second-order valence-corrected chi connectivity index (χ2v) is 3.77. The summed E-state index contributed by atoms with van der Waals surface area (Å²) in [5.74, 6) is -0.316. The topological polar surface area (TPSA) is 71.0 Å². The summed E-state index contributed by atoms with van der Waals surface area (Å²) in [6, 6.07) is 7.75. The third-order valence-corrected chi connectivity index (χ3v) is 2.62. The van der Waals surface area contributed by atoms with Crippen LogP contribution in [0.3, 0.4) is 0 Å². The molecule has 0 fully saturated rings. The van der Waals surface area contributed by atoms with E-state index in [1.54, 1.807) is 19.1 Å². The number of rotatable bonds is 3. The lowest BCUT2D eigenvalue weighted by molar-refractivity contribution is 0.623. The van der Waals surface area contributed by atoms with Gasteiger partial charge in [0.2, 0.25) is 0 Å². The Morgan fingerprint density at radius 2 is 2.11 bits per heavy atom. The SMILES string of the molecule is Cc1c(N=O)c(C#N)nn1Cc1ccc(F)cc1. The molecule has 0 saturated carbocycles. The van der Waals surface area contributed by atoms with Crippen molar-refractivity contribution >= 4 is 5.69 Å². The molecule has 0 aliphatic carbocycles. The van der Waals surface area contributed by atoms with Gasteiger partial charge in [-0.15, -0.1) is 4.91 Å². The van der Waals surface area contributed by atoms with Crippen molar-refractivity contribution in [1.29, 1.82) is 5.26 Å². The van der Waals surface area contributed by atoms with Crippen LogP contribution in [0.15, 0.2) is 29.4 Å². The van der Waals surface area contributed by atoms with E-state index in [0.29, 0.717) is 12.2 Å². The van der Waals surface area contributed by atoms with Crippen LogP contribution in [0, 0.1) is 29.0 Å². The second kappa shape index (κ2) is 4.75. The fraction of sp³-hybridized carbons (Fsp3) is 0.167. The van der Waals surface area contributed by atoms with Crippen molar-refractivity contribution in [2.45, 2.75) is 13.5 Å². The highest BCUT2D eigenvalue weighted by Crippen LogP contribution is 2.23. The van der Waals surface area contributed by atoms with Crippen LogP contribution in [0.1, 0.15) is 17.0 Å². The highest BCUT2D eigenvalue weighted by Gasteiger charge is 2.15. The van der Waals surface area contributed by atoms with Crippen LogP contribution in [0.4, 0.5) is 10.1 Å². The molecule has 2 aromatic rings. The van der Waals surface area contributed by atoms with Gasteiger partial charge in [0, 0.05) is 0 Å². The maximum Gasteiger partial charge on any atom is 0.191 e. The van der Waals surface area contributed by atoms with Crippen molar-refractivity contribution in [3.63, 3.8) is 0 Å². The molecule has 0 aliphatic rings. The highest BCUT2D eigenvalue weighted by atomic mass is 19.1. The van der Waals surface area contributed by atoms with E-state index in [9.17, 15) is 9.30 Å². The lowest BCUT2D eigenvalue weighted by Gasteiger charge is -2.04. The first-order valence-corrected chi connectivity index (χ1v) is 5.21. The summed E-state index contributed by atoms with van der Waals surface area (Å²) in [6.45, 7) is 2.02. The van der Waals surface area contributed by atoms with E-state index in [0.717, 1.165) is 5.56 Å². The summed E-state index contributed by atoms with van der Waals surface area (Å²) >= 11 is 0. The van der Waals surface area contributed by atoms with Crippen LogP contribution in [0.5, 0.6) is 0 Å². The molecule has 0 radical (unpaired) electrons. The number of nitrogens with zero attached hydrogens (tertiary/aromatic N) is 4. The van der Waals surface area contributed by atoms with E-state index >= 15 is 0 Å². The number of hydrogen-bond acceptors (Lipinski definition) is 4. The summed E-state index contributed by atoms with van der Waals surface area (Å²) in [4.78, 5) is 10.6. The van der Waals surface area contributed by atoms with Crippen molar-refractivity contribution < 1.29 is 4.39 Å². The fourth-order valence-electron chi connectivity index (χ4n) is 1.64. The van der Waals surface area contributed by atoms with E-state index in [1.807, 2.05) is 6.07 Å². The minimum Gasteiger partial charge on any atom is -0.262 e. The molecule has 0 atom stereocenters. The maximum absolute atomic E-state index is 12.8. The van der Waals surface area contributed by atoms with Crippen LogP contribution >= 0.6 is 0 Å². The minimum absolute atomic E-state index is 0.00427. The summed E-state index contributed by atoms with van der Waals surface area (Å²) < 4.78 is 14.3. The Kier molecular flexibility index (Phi) is 3.15. The van der Waals surface area contributed by atoms with Crippen LogP contribution < -0.4 is 0 Å². The zero-order chi connectivity index (χ0) is 13.1. The van der Waals surface area contributed by atoms with Crippen molar-refractivity contribution in [1.82, 2.24) is 9.78 Å². The van der Waals surface area contributed by atoms with Crippen molar-refractivity contribution in [3.8, 4) is 6.07 Å². The third kappa shape index (κ3) is 2.11. The van der Waals surface area contributed by atoms with Crippen LogP contribution in [0.25, 0.3) is 0 Å². The molecule has 18 heavy (non-hydrogen) atoms. The fourth-order valence-corrected chi connectivity index (χ4v) is 1.64. The molecule has 0 aliphatic heterocycles. The normalized spacial score (nSPS) is 10.1. The molecule has 1 aromatic heterocycles. The second-order valence-electron chi connectivity index (χ2n) is 3.77. The van der Waals surface area contributed by atoms with Crippen molar-refractivity contribution in [2.75, 3.05) is 0 Å². The van der Waals surface area contributed by atoms with Crippen LogP contribution in [0.2, 0.25) is 0 Å². The Balaban J connectivity index is 2.35. The quantitative estimate of drug-likeness (QED) is 0.779. The molecular weight excluding hydrogens is 235 g/mol. The summed E-state index contributed by atoms with van der Waals surface area (Å²) in [5.41, 5.74) is 1.40. The van der Waals surface area contributed by atoms with E-state index in [2.05, 4.69) is 10.3 Å². The maximum atomic E-state index is 12.8. The Morgan fingerprint density at radius 3 is 2.61 bits per heavy atom. The highest BCUT2D eigenvalue weighted by molar-refractivity contribution is 5.52. The van der Waals surface area contributed by atoms with Crippen LogP contribution in [-0.4, -0.2) is 9.78 Å². The average Bonchev–Trinajstić information content (AvgIpc) is 2.68. The Morgan fingerprint density at radius 1 is 1.44 bits per heavy atom. The zero-order valence-electron chi connectivity index (χ0n) is 9.59. The van der Waals surface area contributed by atoms with Gasteiger partial charge in [-0.05, 0) is 29.8 Å². The molecule has 1 heterocycles. The first-order chi connectivity index (χ1) is 8.65. The first-order valence-electron chi connectivity index (χ1n) is 5.21. The first kappa shape index (κ1) is 11.9. The van der Waals surface area contributed by atoms with E-state index in [1.165, 1.54) is 16.8 Å². The number of benzene rings is 1. The van der Waals surface area contributed by atoms with Gasteiger partial charge < -0.3 is 0 Å². The molecule has 6 heteroatoms. The summed E-state index contributed by atoms with van der Waals surface area (Å²) in [5, 5.41) is 15.6. The molecule has 0 amide bonds. The third-order valence-electron chi connectivity index (χ3n) is 2.62. The number of aromatic nitrogens is 2. The molecule has 5 nitrogen and oxygen atoms in total. The summed E-state index contributed by atoms with van der Waals surface area (Å²) in [7, 11) is 0. The predicted molar refractivity (Wildman–Crippen MR) is 62.6 cm³/mol. The standard InChI is InChI=1S/C12H9FN4O/c1-8-12(16-18)11(6-14)15-17(8)7-9-2-4-10(13)5-3-9/h2-5H,7H2,1H3. The molecule has 2 rings (SSSR count). The number of nitriles is 1. The summed E-state index contributed by atoms with van der Waals surface area (Å²) in [6.07, 6.45) is 0. The van der Waals surface area contributed by atoms with Crippen LogP contribution in [-0.2, 0) is 6.54 Å².